The first-order valence-corrected chi connectivity index (χ1v) is 7.40. The highest BCUT2D eigenvalue weighted by atomic mass is 16.2. The van der Waals surface area contributed by atoms with Gasteiger partial charge in [-0.25, -0.2) is 0 Å². The molecule has 3 unspecified atom stereocenters. The summed E-state index contributed by atoms with van der Waals surface area (Å²) in [6.45, 7) is 10.3. The van der Waals surface area contributed by atoms with Gasteiger partial charge in [-0.05, 0) is 46.5 Å². The Kier molecular flexibility index (Phi) is 5.64. The van der Waals surface area contributed by atoms with Crippen LogP contribution in [0.4, 0.5) is 0 Å². The molecule has 1 amide bonds. The van der Waals surface area contributed by atoms with Crippen molar-refractivity contribution in [1.29, 1.82) is 0 Å². The van der Waals surface area contributed by atoms with Crippen molar-refractivity contribution in [3.8, 4) is 0 Å². The third-order valence-corrected chi connectivity index (χ3v) is 3.74. The van der Waals surface area contributed by atoms with E-state index in [2.05, 4.69) is 17.6 Å². The van der Waals surface area contributed by atoms with Gasteiger partial charge in [0, 0.05) is 11.6 Å². The lowest BCUT2D eigenvalue weighted by molar-refractivity contribution is -0.124. The van der Waals surface area contributed by atoms with Gasteiger partial charge in [0.1, 0.15) is 0 Å². The third-order valence-electron chi connectivity index (χ3n) is 3.74. The summed E-state index contributed by atoms with van der Waals surface area (Å²) in [7, 11) is 0. The van der Waals surface area contributed by atoms with Crippen LogP contribution in [0.5, 0.6) is 0 Å². The largest absolute Gasteiger partial charge is 0.350 e. The van der Waals surface area contributed by atoms with Crippen molar-refractivity contribution >= 4 is 5.91 Å². The standard InChI is InChI=1S/C15H30N2O/c1-6-12-8-7-9-13(10-12)16-11(2)14(18)17-15(3,4)5/h11-13,16H,6-10H2,1-5H3,(H,17,18). The number of hydrogen-bond acceptors (Lipinski definition) is 2. The first-order valence-electron chi connectivity index (χ1n) is 7.40. The van der Waals surface area contributed by atoms with E-state index in [1.807, 2.05) is 27.7 Å². The lowest BCUT2D eigenvalue weighted by Crippen LogP contribution is -2.52. The predicted octanol–water partition coefficient (Wildman–Crippen LogP) is 2.85. The molecule has 0 bridgehead atoms. The highest BCUT2D eigenvalue weighted by Gasteiger charge is 2.25. The second-order valence-electron chi connectivity index (χ2n) is 6.77. The van der Waals surface area contributed by atoms with Crippen LogP contribution in [-0.4, -0.2) is 23.5 Å². The van der Waals surface area contributed by atoms with Gasteiger partial charge in [0.2, 0.25) is 5.91 Å². The molecule has 106 valence electrons. The summed E-state index contributed by atoms with van der Waals surface area (Å²) >= 11 is 0. The smallest absolute Gasteiger partial charge is 0.237 e. The molecule has 1 aliphatic carbocycles. The Morgan fingerprint density at radius 2 is 2.00 bits per heavy atom. The molecule has 3 atom stereocenters. The van der Waals surface area contributed by atoms with Crippen LogP contribution in [0.25, 0.3) is 0 Å². The van der Waals surface area contributed by atoms with E-state index in [0.717, 1.165) is 5.92 Å². The van der Waals surface area contributed by atoms with E-state index in [4.69, 9.17) is 0 Å². The lowest BCUT2D eigenvalue weighted by atomic mass is 9.84. The van der Waals surface area contributed by atoms with Crippen molar-refractivity contribution in [1.82, 2.24) is 10.6 Å². The van der Waals surface area contributed by atoms with Crippen LogP contribution in [-0.2, 0) is 4.79 Å². The van der Waals surface area contributed by atoms with Crippen LogP contribution in [0.1, 0.15) is 66.7 Å². The van der Waals surface area contributed by atoms with E-state index >= 15 is 0 Å². The Balaban J connectivity index is 2.39. The predicted molar refractivity (Wildman–Crippen MR) is 76.5 cm³/mol. The molecule has 2 N–H and O–H groups in total. The minimum atomic E-state index is -0.147. The molecule has 3 nitrogen and oxygen atoms in total. The highest BCUT2D eigenvalue weighted by Crippen LogP contribution is 2.26. The maximum Gasteiger partial charge on any atom is 0.237 e. The van der Waals surface area contributed by atoms with Gasteiger partial charge >= 0.3 is 0 Å². The fourth-order valence-electron chi connectivity index (χ4n) is 2.72. The van der Waals surface area contributed by atoms with E-state index < -0.39 is 0 Å². The fourth-order valence-corrected chi connectivity index (χ4v) is 2.72. The monoisotopic (exact) mass is 254 g/mol. The molecule has 1 saturated carbocycles. The molecule has 1 aliphatic rings. The van der Waals surface area contributed by atoms with E-state index in [0.29, 0.717) is 6.04 Å². The van der Waals surface area contributed by atoms with Gasteiger partial charge < -0.3 is 10.6 Å². The third kappa shape index (κ3) is 5.38. The quantitative estimate of drug-likeness (QED) is 0.810. The second kappa shape index (κ2) is 6.55. The Bertz CT molecular complexity index is 270. The van der Waals surface area contributed by atoms with Gasteiger partial charge in [-0.2, -0.15) is 0 Å². The van der Waals surface area contributed by atoms with Crippen molar-refractivity contribution in [2.24, 2.45) is 5.92 Å². The van der Waals surface area contributed by atoms with E-state index in [1.165, 1.54) is 32.1 Å². The average Bonchev–Trinajstić information content (AvgIpc) is 2.27. The van der Waals surface area contributed by atoms with Crippen molar-refractivity contribution in [2.45, 2.75) is 84.3 Å². The van der Waals surface area contributed by atoms with E-state index in [1.54, 1.807) is 0 Å². The summed E-state index contributed by atoms with van der Waals surface area (Å²) < 4.78 is 0. The van der Waals surface area contributed by atoms with Gasteiger partial charge in [0.15, 0.2) is 0 Å². The molecule has 1 rings (SSSR count). The molecule has 0 saturated heterocycles. The molecule has 0 aromatic carbocycles. The Labute approximate surface area is 112 Å². The molecule has 1 fully saturated rings. The zero-order valence-corrected chi connectivity index (χ0v) is 12.7. The minimum Gasteiger partial charge on any atom is -0.350 e. The Hall–Kier alpha value is -0.570. The molecule has 0 aliphatic heterocycles. The zero-order valence-electron chi connectivity index (χ0n) is 12.7. The normalized spacial score (nSPS) is 26.7. The van der Waals surface area contributed by atoms with Crippen LogP contribution in [0.15, 0.2) is 0 Å². The molecule has 3 heteroatoms. The maximum atomic E-state index is 12.0. The fraction of sp³-hybridized carbons (Fsp3) is 0.933. The summed E-state index contributed by atoms with van der Waals surface area (Å²) in [5, 5.41) is 6.53. The molecule has 0 aromatic rings. The summed E-state index contributed by atoms with van der Waals surface area (Å²) in [6, 6.07) is 0.425. The number of hydrogen-bond donors (Lipinski definition) is 2. The van der Waals surface area contributed by atoms with Crippen LogP contribution >= 0.6 is 0 Å². The van der Waals surface area contributed by atoms with Gasteiger partial charge in [0.25, 0.3) is 0 Å². The van der Waals surface area contributed by atoms with Crippen LogP contribution in [0.3, 0.4) is 0 Å². The van der Waals surface area contributed by atoms with Crippen LogP contribution in [0.2, 0.25) is 0 Å². The van der Waals surface area contributed by atoms with Crippen molar-refractivity contribution in [3.63, 3.8) is 0 Å². The number of carbonyl (C=O) groups excluding carboxylic acids is 1. The number of nitrogens with one attached hydrogen (secondary N) is 2. The first-order chi connectivity index (χ1) is 8.31. The molecule has 18 heavy (non-hydrogen) atoms. The zero-order chi connectivity index (χ0) is 13.8. The van der Waals surface area contributed by atoms with Crippen molar-refractivity contribution in [3.05, 3.63) is 0 Å². The van der Waals surface area contributed by atoms with Crippen molar-refractivity contribution in [2.75, 3.05) is 0 Å². The number of amides is 1. The summed E-state index contributed by atoms with van der Waals surface area (Å²) in [4.78, 5) is 12.0. The topological polar surface area (TPSA) is 41.1 Å². The van der Waals surface area contributed by atoms with Gasteiger partial charge in [-0.3, -0.25) is 4.79 Å². The molecule has 0 spiro atoms. The Morgan fingerprint density at radius 3 is 2.56 bits per heavy atom. The molecular weight excluding hydrogens is 224 g/mol. The molecule has 0 heterocycles. The van der Waals surface area contributed by atoms with Crippen LogP contribution < -0.4 is 10.6 Å². The first kappa shape index (κ1) is 15.5. The maximum absolute atomic E-state index is 12.0. The van der Waals surface area contributed by atoms with Gasteiger partial charge in [-0.15, -0.1) is 0 Å². The number of rotatable bonds is 4. The number of carbonyl (C=O) groups is 1. The highest BCUT2D eigenvalue weighted by molar-refractivity contribution is 5.81. The van der Waals surface area contributed by atoms with E-state index in [-0.39, 0.29) is 17.5 Å². The van der Waals surface area contributed by atoms with E-state index in [9.17, 15) is 4.79 Å². The van der Waals surface area contributed by atoms with Crippen LogP contribution in [0, 0.1) is 5.92 Å². The van der Waals surface area contributed by atoms with Crippen molar-refractivity contribution < 1.29 is 4.79 Å². The summed E-state index contributed by atoms with van der Waals surface area (Å²) in [5.41, 5.74) is -0.147. The summed E-state index contributed by atoms with van der Waals surface area (Å²) in [6.07, 6.45) is 6.36. The Morgan fingerprint density at radius 1 is 1.33 bits per heavy atom. The van der Waals surface area contributed by atoms with Gasteiger partial charge in [-0.1, -0.05) is 26.2 Å². The summed E-state index contributed by atoms with van der Waals surface area (Å²) in [5.74, 6) is 0.954. The molecule has 0 aromatic heterocycles. The molecule has 0 radical (unpaired) electrons. The SMILES string of the molecule is CCC1CCCC(NC(C)C(=O)NC(C)(C)C)C1. The average molecular weight is 254 g/mol. The lowest BCUT2D eigenvalue weighted by Gasteiger charge is -2.32. The molecular formula is C15H30N2O. The second-order valence-corrected chi connectivity index (χ2v) is 6.77. The van der Waals surface area contributed by atoms with Gasteiger partial charge in [0.05, 0.1) is 6.04 Å². The minimum absolute atomic E-state index is 0.0927.